The molecule has 0 bridgehead atoms. The lowest BCUT2D eigenvalue weighted by atomic mass is 9.91. The first-order chi connectivity index (χ1) is 43.9. The van der Waals surface area contributed by atoms with E-state index in [0.717, 1.165) is 10.8 Å². The number of carbonyl (C=O) groups excluding carboxylic acids is 10. The van der Waals surface area contributed by atoms with Crippen LogP contribution in [-0.4, -0.2) is 191 Å². The summed E-state index contributed by atoms with van der Waals surface area (Å²) < 4.78 is 0. The summed E-state index contributed by atoms with van der Waals surface area (Å²) in [6, 6.07) is 11.7. The van der Waals surface area contributed by atoms with Crippen molar-refractivity contribution in [1.29, 1.82) is 0 Å². The fourth-order valence-corrected chi connectivity index (χ4v) is 11.4. The molecule has 3 aromatic rings. The van der Waals surface area contributed by atoms with Gasteiger partial charge in [0.05, 0.1) is 13.2 Å². The Hall–Kier alpha value is -8.76. The average Bonchev–Trinajstić information content (AvgIpc) is 1.68. The molecule has 28 heteroatoms. The molecule has 504 valence electrons. The lowest BCUT2D eigenvalue weighted by Gasteiger charge is -2.33. The third-order valence-corrected chi connectivity index (χ3v) is 16.6. The fraction of sp³-hybridized carbons (Fsp3) is 0.562. The Balaban J connectivity index is 1.29. The van der Waals surface area contributed by atoms with Gasteiger partial charge in [-0.3, -0.25) is 52.9 Å². The van der Waals surface area contributed by atoms with E-state index in [1.807, 2.05) is 36.4 Å². The highest BCUT2D eigenvalue weighted by atomic mass is 16.4. The minimum atomic E-state index is -1.86. The summed E-state index contributed by atoms with van der Waals surface area (Å²) in [5.74, 6) is -9.06. The predicted molar refractivity (Wildman–Crippen MR) is 344 cm³/mol. The van der Waals surface area contributed by atoms with Crippen molar-refractivity contribution < 1.29 is 63.0 Å². The lowest BCUT2D eigenvalue weighted by Crippen LogP contribution is -2.64. The van der Waals surface area contributed by atoms with Gasteiger partial charge in [0.1, 0.15) is 53.9 Å². The van der Waals surface area contributed by atoms with Gasteiger partial charge in [0.25, 0.3) is 0 Å². The van der Waals surface area contributed by atoms with Crippen LogP contribution in [0.3, 0.4) is 0 Å². The number of carboxylic acids is 1. The largest absolute Gasteiger partial charge is 0.480 e. The first-order valence-corrected chi connectivity index (χ1v) is 31.7. The van der Waals surface area contributed by atoms with E-state index < -0.39 is 138 Å². The van der Waals surface area contributed by atoms with Crippen LogP contribution in [0.5, 0.6) is 0 Å². The third-order valence-electron chi connectivity index (χ3n) is 16.6. The summed E-state index contributed by atoms with van der Waals surface area (Å²) >= 11 is 0. The number of carbonyl (C=O) groups is 11. The maximum absolute atomic E-state index is 14.7. The molecule has 2 heterocycles. The number of guanidine groups is 1. The lowest BCUT2D eigenvalue weighted by molar-refractivity contribution is -0.148. The van der Waals surface area contributed by atoms with Crippen molar-refractivity contribution in [2.24, 2.45) is 33.8 Å². The number of amides is 10. The number of rotatable bonds is 37. The van der Waals surface area contributed by atoms with Crippen LogP contribution in [0.2, 0.25) is 0 Å². The average molecular weight is 1280 g/mol. The van der Waals surface area contributed by atoms with E-state index in [0.29, 0.717) is 69.2 Å². The predicted octanol–water partition coefficient (Wildman–Crippen LogP) is -1.04. The second kappa shape index (κ2) is 36.9. The Morgan fingerprint density at radius 2 is 1.22 bits per heavy atom. The Kier molecular flexibility index (Phi) is 29.7. The summed E-state index contributed by atoms with van der Waals surface area (Å²) in [4.78, 5) is 159. The fourth-order valence-electron chi connectivity index (χ4n) is 11.4. The van der Waals surface area contributed by atoms with Crippen LogP contribution in [0.25, 0.3) is 10.8 Å². The first kappa shape index (κ1) is 74.0. The number of aliphatic hydroxyl groups is 1. The molecule has 2 saturated heterocycles. The van der Waals surface area contributed by atoms with Gasteiger partial charge in [0.15, 0.2) is 5.96 Å². The van der Waals surface area contributed by atoms with Gasteiger partial charge in [0, 0.05) is 39.4 Å². The van der Waals surface area contributed by atoms with Crippen molar-refractivity contribution in [2.45, 2.75) is 178 Å². The minimum Gasteiger partial charge on any atom is -0.480 e. The molecule has 10 atom stereocenters. The van der Waals surface area contributed by atoms with Crippen molar-refractivity contribution in [3.8, 4) is 0 Å². The van der Waals surface area contributed by atoms with Gasteiger partial charge in [-0.1, -0.05) is 93.1 Å². The molecule has 2 fully saturated rings. The van der Waals surface area contributed by atoms with Gasteiger partial charge in [-0.15, -0.1) is 0 Å². The number of aliphatic hydroxyl groups excluding tert-OH is 1. The summed E-state index contributed by atoms with van der Waals surface area (Å²) in [7, 11) is 0. The molecule has 92 heavy (non-hydrogen) atoms. The molecule has 2 aliphatic heterocycles. The molecule has 5 rings (SSSR count). The number of fused-ring (bicyclic) bond motifs is 1. The van der Waals surface area contributed by atoms with Crippen molar-refractivity contribution in [1.82, 2.24) is 52.3 Å². The van der Waals surface area contributed by atoms with Gasteiger partial charge >= 0.3 is 5.97 Å². The van der Waals surface area contributed by atoms with Crippen LogP contribution in [-0.2, 0) is 65.6 Å². The van der Waals surface area contributed by atoms with Crippen LogP contribution in [0.15, 0.2) is 77.8 Å². The normalized spacial score (nSPS) is 17.4. The number of aliphatic imine (C=N–C) groups is 1. The van der Waals surface area contributed by atoms with E-state index >= 15 is 0 Å². The maximum atomic E-state index is 14.7. The number of aliphatic carboxylic acids is 1. The third kappa shape index (κ3) is 22.3. The molecule has 28 nitrogen and oxygen atoms in total. The molecule has 0 aliphatic carbocycles. The number of nitrogens with zero attached hydrogens (tertiary/aromatic N) is 3. The van der Waals surface area contributed by atoms with E-state index in [9.17, 15) is 63.0 Å². The number of nitrogens with one attached hydrogen (secondary N) is 8. The molecule has 0 spiro atoms. The molecule has 0 unspecified atom stereocenters. The van der Waals surface area contributed by atoms with Gasteiger partial charge < -0.3 is 85.5 Å². The zero-order valence-corrected chi connectivity index (χ0v) is 53.2. The highest BCUT2D eigenvalue weighted by Gasteiger charge is 2.45. The van der Waals surface area contributed by atoms with E-state index in [1.54, 1.807) is 50.2 Å². The summed E-state index contributed by atoms with van der Waals surface area (Å²) in [6.45, 7) is 5.53. The molecular weight excluding hydrogens is 1190 g/mol. The molecule has 18 N–H and O–H groups in total. The van der Waals surface area contributed by atoms with Crippen LogP contribution < -0.4 is 65.5 Å². The van der Waals surface area contributed by atoms with Crippen molar-refractivity contribution in [3.05, 3.63) is 83.9 Å². The Morgan fingerprint density at radius 1 is 0.652 bits per heavy atom. The molecule has 2 aliphatic rings. The highest BCUT2D eigenvalue weighted by molar-refractivity contribution is 6.00. The number of likely N-dealkylation sites (tertiary alicyclic amines) is 2. The zero-order chi connectivity index (χ0) is 67.5. The quantitative estimate of drug-likeness (QED) is 0.0186. The molecule has 0 saturated carbocycles. The zero-order valence-electron chi connectivity index (χ0n) is 53.2. The number of nitrogens with two attached hydrogens (primary N) is 4. The second-order valence-electron chi connectivity index (χ2n) is 23.9. The topological polar surface area (TPSA) is 447 Å². The number of hydrogen-bond acceptors (Lipinski definition) is 15. The standard InChI is InChI=1S/C64H95N15O13/c1-5-39(2)53(61(90)91)76-56(85)48(35-42-27-28-43-20-9-10-21-44(43)34-42)74-57(86)49(38-80)75-62(92)64(4,36-41-18-7-6-8-19-41)77-52(82)37-70-58(87)50-25-16-32-78(50)60(89)51-26-17-33-79(51)59(88)47(24-15-31-69-63(67)68)73-55(84)46(23-12-14-30-66)72-54(83)45(71-40(3)81)22-11-13-29-65/h6-10,18-21,27-28,34,39,45-51,53,80H,5,11-17,22-26,29-33,35-38,65-66H2,1-4H3,(H,70,87)(H,71,81)(H,72,83)(H,73,84)(H,74,86)(H,75,92)(H,76,85)(H,77,82)(H,90,91)(H4,67,68,69)/t39-,45-,46-,47-,48+,49-,50-,51-,53-,64-/m0/s1. The van der Waals surface area contributed by atoms with Crippen molar-refractivity contribution >= 4 is 81.8 Å². The van der Waals surface area contributed by atoms with Crippen molar-refractivity contribution in [2.75, 3.05) is 45.9 Å². The van der Waals surface area contributed by atoms with E-state index in [4.69, 9.17) is 22.9 Å². The molecule has 3 aromatic carbocycles. The van der Waals surface area contributed by atoms with Gasteiger partial charge in [0.2, 0.25) is 59.1 Å². The van der Waals surface area contributed by atoms with E-state index in [1.165, 1.54) is 23.6 Å². The van der Waals surface area contributed by atoms with Crippen LogP contribution in [0, 0.1) is 5.92 Å². The Bertz CT molecular complexity index is 3060. The number of carboxylic acid groups (broad SMARTS) is 1. The van der Waals surface area contributed by atoms with Gasteiger partial charge in [-0.05, 0) is 125 Å². The minimum absolute atomic E-state index is 0.0283. The Morgan fingerprint density at radius 3 is 1.83 bits per heavy atom. The van der Waals surface area contributed by atoms with E-state index in [2.05, 4.69) is 47.5 Å². The molecule has 0 aromatic heterocycles. The first-order valence-electron chi connectivity index (χ1n) is 31.7. The molecule has 0 radical (unpaired) electrons. The monoisotopic (exact) mass is 1280 g/mol. The summed E-state index contributed by atoms with van der Waals surface area (Å²) in [5, 5.41) is 43.6. The molecular formula is C64H95N15O13. The van der Waals surface area contributed by atoms with Gasteiger partial charge in [-0.25, -0.2) is 4.79 Å². The number of unbranched alkanes of at least 4 members (excludes halogenated alkanes) is 2. The van der Waals surface area contributed by atoms with Crippen LogP contribution in [0.1, 0.15) is 122 Å². The van der Waals surface area contributed by atoms with Crippen molar-refractivity contribution in [3.63, 3.8) is 0 Å². The highest BCUT2D eigenvalue weighted by Crippen LogP contribution is 2.27. The van der Waals surface area contributed by atoms with E-state index in [-0.39, 0.29) is 77.0 Å². The summed E-state index contributed by atoms with van der Waals surface area (Å²) in [5.41, 5.74) is 21.9. The summed E-state index contributed by atoms with van der Waals surface area (Å²) in [6.07, 6.45) is 4.16. The maximum Gasteiger partial charge on any atom is 0.326 e. The number of hydrogen-bond donors (Lipinski definition) is 14. The van der Waals surface area contributed by atoms with Crippen LogP contribution in [0.4, 0.5) is 0 Å². The number of benzene rings is 3. The Labute approximate surface area is 536 Å². The smallest absolute Gasteiger partial charge is 0.326 e. The second-order valence-corrected chi connectivity index (χ2v) is 23.9. The SMILES string of the molecule is CC[C@H](C)[C@H](NC(=O)[C@@H](Cc1ccc2ccccc2c1)NC(=O)[C@H](CO)NC(=O)[C@](C)(Cc1ccccc1)NC(=O)CNC(=O)[C@@H]1CCCN1C(=O)[C@@H]1CCCN1C(=O)[C@H](CCCN=C(N)N)NC(=O)[C@H](CCCCN)NC(=O)[C@H](CCCCN)NC(C)=O)C(=O)O. The van der Waals surface area contributed by atoms with Crippen LogP contribution >= 0.6 is 0 Å². The van der Waals surface area contributed by atoms with Gasteiger partial charge in [-0.2, -0.15) is 0 Å². The molecule has 10 amide bonds.